The molecule has 13 nitrogen and oxygen atoms in total. The van der Waals surface area contributed by atoms with Gasteiger partial charge in [-0.25, -0.2) is 19.2 Å². The van der Waals surface area contributed by atoms with E-state index < -0.39 is 53.0 Å². The highest BCUT2D eigenvalue weighted by Crippen LogP contribution is 2.39. The third-order valence-corrected chi connectivity index (χ3v) is 6.44. The molecule has 0 aliphatic carbocycles. The fourth-order valence-electron chi connectivity index (χ4n) is 4.77. The Morgan fingerprint density at radius 3 is 1.86 bits per heavy atom. The fourth-order valence-corrected chi connectivity index (χ4v) is 4.77. The first-order valence-corrected chi connectivity index (χ1v) is 14.1. The zero-order valence-corrected chi connectivity index (χ0v) is 27.0. The Balaban J connectivity index is 2.08. The second-order valence-corrected chi connectivity index (χ2v) is 13.6. The van der Waals surface area contributed by atoms with Gasteiger partial charge in [-0.05, 0) is 74.4 Å². The third-order valence-electron chi connectivity index (χ3n) is 6.44. The number of ether oxygens (including phenoxy) is 4. The van der Waals surface area contributed by atoms with Crippen molar-refractivity contribution in [1.82, 2.24) is 9.80 Å². The summed E-state index contributed by atoms with van der Waals surface area (Å²) in [5.74, 6) is -1.01. The molecular formula is C30H44N4O9. The molecule has 238 valence electrons. The molecule has 0 radical (unpaired) electrons. The Labute approximate surface area is 252 Å². The van der Waals surface area contributed by atoms with Crippen LogP contribution in [0, 0.1) is 0 Å². The Morgan fingerprint density at radius 1 is 0.837 bits per heavy atom. The number of carbonyl (C=O) groups is 5. The SMILES string of the molecule is COC(=O)C1CN(c2ccc(N(C(=O)OC(C)(C)C)C(=O)OC(C)(C)C)c3c2CN(C)C3=O)CCN1C(=O)OC(C)(C)C. The van der Waals surface area contributed by atoms with Gasteiger partial charge in [0.05, 0.1) is 18.4 Å². The van der Waals surface area contributed by atoms with E-state index in [1.165, 1.54) is 23.0 Å². The van der Waals surface area contributed by atoms with E-state index in [4.69, 9.17) is 18.9 Å². The monoisotopic (exact) mass is 604 g/mol. The molecule has 2 aliphatic rings. The standard InChI is InChI=1S/C30H44N4O9/c1-28(2,3)41-25(37)33-15-14-32(17-21(33)24(36)40-11)19-12-13-20(22-18(19)16-31(10)23(22)35)34(26(38)42-29(4,5)6)27(39)43-30(7,8)9/h12-13,21H,14-17H2,1-11H3. The van der Waals surface area contributed by atoms with E-state index >= 15 is 0 Å². The van der Waals surface area contributed by atoms with E-state index in [0.29, 0.717) is 17.8 Å². The Hall–Kier alpha value is -4.03. The maximum atomic E-state index is 13.5. The smallest absolute Gasteiger partial charge is 0.424 e. The van der Waals surface area contributed by atoms with Gasteiger partial charge in [-0.3, -0.25) is 9.69 Å². The van der Waals surface area contributed by atoms with Gasteiger partial charge in [0.25, 0.3) is 5.91 Å². The molecule has 1 aromatic rings. The summed E-state index contributed by atoms with van der Waals surface area (Å²) in [6.07, 6.45) is -2.62. The number of amides is 4. The highest BCUT2D eigenvalue weighted by atomic mass is 16.6. The number of esters is 1. The van der Waals surface area contributed by atoms with Gasteiger partial charge < -0.3 is 28.7 Å². The van der Waals surface area contributed by atoms with Crippen molar-refractivity contribution in [1.29, 1.82) is 0 Å². The molecule has 0 spiro atoms. The molecule has 3 rings (SSSR count). The summed E-state index contributed by atoms with van der Waals surface area (Å²) in [6, 6.07) is 2.20. The minimum atomic E-state index is -0.990. The molecule has 13 heteroatoms. The maximum absolute atomic E-state index is 13.5. The van der Waals surface area contributed by atoms with Crippen LogP contribution in [0.1, 0.15) is 78.2 Å². The van der Waals surface area contributed by atoms with Gasteiger partial charge in [0, 0.05) is 44.5 Å². The van der Waals surface area contributed by atoms with E-state index in [9.17, 15) is 24.0 Å². The van der Waals surface area contributed by atoms with Crippen molar-refractivity contribution in [2.75, 3.05) is 43.6 Å². The largest absolute Gasteiger partial charge is 0.467 e. The molecule has 1 unspecified atom stereocenters. The van der Waals surface area contributed by atoms with Crippen LogP contribution in [0.5, 0.6) is 0 Å². The van der Waals surface area contributed by atoms with Crippen molar-refractivity contribution in [2.45, 2.75) is 91.7 Å². The first-order valence-electron chi connectivity index (χ1n) is 14.1. The molecule has 0 N–H and O–H groups in total. The summed E-state index contributed by atoms with van der Waals surface area (Å²) < 4.78 is 21.6. The summed E-state index contributed by atoms with van der Waals surface area (Å²) in [5.41, 5.74) is -1.30. The lowest BCUT2D eigenvalue weighted by atomic mass is 10.0. The number of piperazine rings is 1. The number of imide groups is 1. The average Bonchev–Trinajstić information content (AvgIpc) is 3.14. The topological polar surface area (TPSA) is 135 Å². The molecule has 0 bridgehead atoms. The van der Waals surface area contributed by atoms with Crippen LogP contribution < -0.4 is 9.80 Å². The number of hydrogen-bond acceptors (Lipinski definition) is 10. The van der Waals surface area contributed by atoms with Crippen LogP contribution in [0.4, 0.5) is 25.8 Å². The Bertz CT molecular complexity index is 1260. The number of anilines is 2. The molecule has 1 atom stereocenters. The molecule has 4 amide bonds. The number of benzene rings is 1. The molecule has 2 aliphatic heterocycles. The molecule has 0 saturated carbocycles. The zero-order chi connectivity index (χ0) is 32.7. The van der Waals surface area contributed by atoms with Gasteiger partial charge in [-0.2, -0.15) is 4.90 Å². The second kappa shape index (κ2) is 11.9. The summed E-state index contributed by atoms with van der Waals surface area (Å²) >= 11 is 0. The Kier molecular flexibility index (Phi) is 9.28. The highest BCUT2D eigenvalue weighted by molar-refractivity contribution is 6.16. The van der Waals surface area contributed by atoms with Crippen molar-refractivity contribution < 1.29 is 42.9 Å². The zero-order valence-electron chi connectivity index (χ0n) is 27.0. The van der Waals surface area contributed by atoms with Crippen molar-refractivity contribution in [3.8, 4) is 0 Å². The first-order chi connectivity index (χ1) is 19.6. The number of methoxy groups -OCH3 is 1. The summed E-state index contributed by atoms with van der Waals surface area (Å²) in [4.78, 5) is 71.4. The van der Waals surface area contributed by atoms with Crippen LogP contribution in [0.2, 0.25) is 0 Å². The van der Waals surface area contributed by atoms with Crippen molar-refractivity contribution in [3.63, 3.8) is 0 Å². The molecule has 43 heavy (non-hydrogen) atoms. The molecule has 1 fully saturated rings. The number of carbonyl (C=O) groups excluding carboxylic acids is 5. The number of nitrogens with zero attached hydrogens (tertiary/aromatic N) is 4. The van der Waals surface area contributed by atoms with E-state index in [-0.39, 0.29) is 30.9 Å². The normalized spacial score (nSPS) is 17.3. The van der Waals surface area contributed by atoms with Gasteiger partial charge in [0.1, 0.15) is 16.8 Å². The van der Waals surface area contributed by atoms with Crippen LogP contribution in [-0.4, -0.2) is 96.6 Å². The molecule has 1 saturated heterocycles. The summed E-state index contributed by atoms with van der Waals surface area (Å²) in [7, 11) is 2.86. The second-order valence-electron chi connectivity index (χ2n) is 13.6. The quantitative estimate of drug-likeness (QED) is 0.357. The maximum Gasteiger partial charge on any atom is 0.424 e. The van der Waals surface area contributed by atoms with Gasteiger partial charge in [0.2, 0.25) is 0 Å². The summed E-state index contributed by atoms with van der Waals surface area (Å²) in [6.45, 7) is 15.9. The molecule has 1 aromatic carbocycles. The van der Waals surface area contributed by atoms with Crippen LogP contribution >= 0.6 is 0 Å². The van der Waals surface area contributed by atoms with Crippen LogP contribution in [-0.2, 0) is 30.3 Å². The average molecular weight is 605 g/mol. The minimum absolute atomic E-state index is 0.0218. The number of rotatable bonds is 3. The molecule has 2 heterocycles. The van der Waals surface area contributed by atoms with Gasteiger partial charge in [-0.15, -0.1) is 0 Å². The van der Waals surface area contributed by atoms with Crippen molar-refractivity contribution >= 4 is 41.5 Å². The van der Waals surface area contributed by atoms with Crippen LogP contribution in [0.15, 0.2) is 12.1 Å². The van der Waals surface area contributed by atoms with Crippen LogP contribution in [0.3, 0.4) is 0 Å². The van der Waals surface area contributed by atoms with E-state index in [2.05, 4.69) is 0 Å². The lowest BCUT2D eigenvalue weighted by Gasteiger charge is -2.41. The van der Waals surface area contributed by atoms with Crippen LogP contribution in [0.25, 0.3) is 0 Å². The van der Waals surface area contributed by atoms with E-state index in [1.54, 1.807) is 75.4 Å². The molecule has 0 aromatic heterocycles. The van der Waals surface area contributed by atoms with E-state index in [1.807, 2.05) is 4.90 Å². The van der Waals surface area contributed by atoms with E-state index in [0.717, 1.165) is 4.90 Å². The predicted octanol–water partition coefficient (Wildman–Crippen LogP) is 4.55. The fraction of sp³-hybridized carbons (Fsp3) is 0.633. The van der Waals surface area contributed by atoms with Crippen molar-refractivity contribution in [3.05, 3.63) is 23.3 Å². The third kappa shape index (κ3) is 7.88. The first kappa shape index (κ1) is 33.5. The van der Waals surface area contributed by atoms with Crippen molar-refractivity contribution in [2.24, 2.45) is 0 Å². The Morgan fingerprint density at radius 2 is 1.37 bits per heavy atom. The lowest BCUT2D eigenvalue weighted by molar-refractivity contribution is -0.147. The number of fused-ring (bicyclic) bond motifs is 1. The highest BCUT2D eigenvalue weighted by Gasteiger charge is 2.42. The minimum Gasteiger partial charge on any atom is -0.467 e. The van der Waals surface area contributed by atoms with Gasteiger partial charge >= 0.3 is 24.2 Å². The van der Waals surface area contributed by atoms with Gasteiger partial charge in [-0.1, -0.05) is 0 Å². The van der Waals surface area contributed by atoms with Gasteiger partial charge in [0.15, 0.2) is 6.04 Å². The summed E-state index contributed by atoms with van der Waals surface area (Å²) in [5, 5.41) is 0. The lowest BCUT2D eigenvalue weighted by Crippen LogP contribution is -2.59. The molecular weight excluding hydrogens is 560 g/mol. The predicted molar refractivity (Wildman–Crippen MR) is 158 cm³/mol. The number of hydrogen-bond donors (Lipinski definition) is 0.